The van der Waals surface area contributed by atoms with E-state index in [2.05, 4.69) is 30.7 Å². The fourth-order valence-corrected chi connectivity index (χ4v) is 3.98. The molecule has 2 aromatic heterocycles. The van der Waals surface area contributed by atoms with E-state index in [9.17, 15) is 36.6 Å². The van der Waals surface area contributed by atoms with Crippen molar-refractivity contribution < 1.29 is 41.4 Å². The zero-order valence-electron chi connectivity index (χ0n) is 22.3. The van der Waals surface area contributed by atoms with E-state index in [4.69, 9.17) is 0 Å². The van der Waals surface area contributed by atoms with Crippen LogP contribution < -0.4 is 15.4 Å². The Morgan fingerprint density at radius 2 is 1.81 bits per heavy atom. The maximum Gasteiger partial charge on any atom is 0.573 e. The van der Waals surface area contributed by atoms with Gasteiger partial charge in [0.25, 0.3) is 11.8 Å². The highest BCUT2D eigenvalue weighted by Gasteiger charge is 2.31. The summed E-state index contributed by atoms with van der Waals surface area (Å²) < 4.78 is 72.3. The van der Waals surface area contributed by atoms with E-state index in [1.807, 2.05) is 6.07 Å². The molecule has 0 aliphatic carbocycles. The lowest BCUT2D eigenvalue weighted by atomic mass is 10.1. The van der Waals surface area contributed by atoms with Gasteiger partial charge in [-0.25, -0.2) is 13.8 Å². The van der Waals surface area contributed by atoms with Crippen LogP contribution >= 0.6 is 0 Å². The Bertz CT molecular complexity index is 1530. The third kappa shape index (κ3) is 9.06. The molecule has 4 aromatic rings. The maximum atomic E-state index is 14.7. The van der Waals surface area contributed by atoms with Crippen molar-refractivity contribution in [3.05, 3.63) is 95.6 Å². The van der Waals surface area contributed by atoms with Gasteiger partial charge in [-0.3, -0.25) is 14.3 Å². The number of aliphatic hydroxyl groups excluding tert-OH is 1. The van der Waals surface area contributed by atoms with Gasteiger partial charge >= 0.3 is 6.36 Å². The van der Waals surface area contributed by atoms with E-state index in [1.54, 1.807) is 24.3 Å². The monoisotopic (exact) mass is 607 g/mol. The van der Waals surface area contributed by atoms with Gasteiger partial charge in [0.2, 0.25) is 0 Å². The van der Waals surface area contributed by atoms with E-state index in [0.717, 1.165) is 18.2 Å². The first-order valence-electron chi connectivity index (χ1n) is 12.9. The van der Waals surface area contributed by atoms with E-state index in [0.29, 0.717) is 5.56 Å². The molecule has 0 radical (unpaired) electrons. The number of amides is 2. The first-order chi connectivity index (χ1) is 20.5. The lowest BCUT2D eigenvalue weighted by Gasteiger charge is -2.15. The zero-order chi connectivity index (χ0) is 31.0. The topological polar surface area (TPSA) is 136 Å². The molecule has 11 nitrogen and oxygen atoms in total. The number of carbonyl (C=O) groups is 2. The molecule has 43 heavy (non-hydrogen) atoms. The maximum absolute atomic E-state index is 14.7. The van der Waals surface area contributed by atoms with E-state index in [-0.39, 0.29) is 43.1 Å². The Labute approximate surface area is 241 Å². The number of imidazole rings is 1. The van der Waals surface area contributed by atoms with Gasteiger partial charge in [0, 0.05) is 24.8 Å². The number of hydrogen-bond donors (Lipinski definition) is 3. The minimum atomic E-state index is -4.96. The molecule has 16 heteroatoms. The number of hydrogen-bond acceptors (Lipinski definition) is 7. The van der Waals surface area contributed by atoms with Crippen molar-refractivity contribution in [3.63, 3.8) is 0 Å². The third-order valence-corrected chi connectivity index (χ3v) is 6.10. The number of nitrogens with zero attached hydrogens (tertiary/aromatic N) is 5. The zero-order valence-corrected chi connectivity index (χ0v) is 22.3. The molecule has 0 saturated heterocycles. The molecule has 4 rings (SSSR count). The molecule has 2 heterocycles. The van der Waals surface area contributed by atoms with Crippen molar-refractivity contribution in [2.75, 3.05) is 6.61 Å². The number of rotatable bonds is 13. The Kier molecular flexibility index (Phi) is 10.0. The highest BCUT2D eigenvalue weighted by atomic mass is 19.4. The Balaban J connectivity index is 1.24. The molecule has 0 aliphatic heterocycles. The van der Waals surface area contributed by atoms with Crippen LogP contribution in [0.2, 0.25) is 0 Å². The molecular formula is C27H26F5N7O4. The number of nitrogens with one attached hydrogen (secondary N) is 2. The molecule has 2 amide bonds. The van der Waals surface area contributed by atoms with Crippen LogP contribution in [-0.2, 0) is 19.6 Å². The van der Waals surface area contributed by atoms with Gasteiger partial charge < -0.3 is 25.0 Å². The number of carbonyl (C=O) groups excluding carboxylic acids is 2. The minimum Gasteiger partial charge on any atom is -0.406 e. The number of halogens is 5. The summed E-state index contributed by atoms with van der Waals surface area (Å²) in [6.07, 6.45) is -2.43. The second-order valence-electron chi connectivity index (χ2n) is 9.31. The first kappa shape index (κ1) is 31.1. The summed E-state index contributed by atoms with van der Waals surface area (Å²) in [5.41, 5.74) is 0.356. The summed E-state index contributed by atoms with van der Waals surface area (Å²) >= 11 is 0. The highest BCUT2D eigenvalue weighted by Crippen LogP contribution is 2.24. The van der Waals surface area contributed by atoms with Crippen LogP contribution in [0.15, 0.2) is 67.3 Å². The molecule has 3 N–H and O–H groups in total. The van der Waals surface area contributed by atoms with Crippen molar-refractivity contribution in [1.82, 2.24) is 35.2 Å². The molecule has 2 aromatic carbocycles. The lowest BCUT2D eigenvalue weighted by molar-refractivity contribution is -0.274. The summed E-state index contributed by atoms with van der Waals surface area (Å²) in [5, 5.41) is 22.1. The van der Waals surface area contributed by atoms with Crippen LogP contribution in [0.25, 0.3) is 0 Å². The number of ether oxygens (including phenoxy) is 1. The molecule has 0 saturated carbocycles. The van der Waals surface area contributed by atoms with Crippen molar-refractivity contribution in [3.8, 4) is 5.75 Å². The second kappa shape index (κ2) is 13.9. The Morgan fingerprint density at radius 3 is 2.53 bits per heavy atom. The van der Waals surface area contributed by atoms with Gasteiger partial charge in [-0.1, -0.05) is 35.5 Å². The smallest absolute Gasteiger partial charge is 0.406 e. The fourth-order valence-electron chi connectivity index (χ4n) is 3.98. The molecule has 228 valence electrons. The van der Waals surface area contributed by atoms with Gasteiger partial charge in [0.1, 0.15) is 23.4 Å². The van der Waals surface area contributed by atoms with Gasteiger partial charge in [-0.2, -0.15) is 0 Å². The standard InChI is InChI=1S/C27H26F5N7O4/c28-19(12-38-13-22(34-16-38)26(42)35-24(15-40)17-4-2-1-3-5-17)8-9-39-14-23(36-37-39)25(41)33-11-18-10-20(6-7-21(18)29)43-27(30,31)32/h1-7,10,13-14,16,19,24,40H,8-9,11-12,15H2,(H,33,41)(H,35,42)/t19?,24-/m0/s1. The van der Waals surface area contributed by atoms with E-state index >= 15 is 0 Å². The van der Waals surface area contributed by atoms with Crippen molar-refractivity contribution in [1.29, 1.82) is 0 Å². The summed E-state index contributed by atoms with van der Waals surface area (Å²) in [7, 11) is 0. The van der Waals surface area contributed by atoms with Gasteiger partial charge in [-0.05, 0) is 30.2 Å². The normalized spacial score (nSPS) is 12.9. The third-order valence-electron chi connectivity index (χ3n) is 6.10. The van der Waals surface area contributed by atoms with Crippen molar-refractivity contribution in [2.24, 2.45) is 0 Å². The van der Waals surface area contributed by atoms with Crippen molar-refractivity contribution >= 4 is 11.8 Å². The average molecular weight is 608 g/mol. The summed E-state index contributed by atoms with van der Waals surface area (Å²) in [6, 6.07) is 10.7. The van der Waals surface area contributed by atoms with E-state index in [1.165, 1.54) is 28.0 Å². The number of benzene rings is 2. The van der Waals surface area contributed by atoms with Gasteiger partial charge in [-0.15, -0.1) is 18.3 Å². The lowest BCUT2D eigenvalue weighted by Crippen LogP contribution is -2.31. The molecule has 0 aliphatic rings. The van der Waals surface area contributed by atoms with Crippen LogP contribution in [0.1, 0.15) is 44.6 Å². The highest BCUT2D eigenvalue weighted by molar-refractivity contribution is 5.92. The summed E-state index contributed by atoms with van der Waals surface area (Å²) in [6.45, 7) is -0.837. The minimum absolute atomic E-state index is 0.0259. The van der Waals surface area contributed by atoms with Crippen LogP contribution in [0, 0.1) is 5.82 Å². The molecular weight excluding hydrogens is 581 g/mol. The fraction of sp³-hybridized carbons (Fsp3) is 0.296. The Hall–Kier alpha value is -4.86. The van der Waals surface area contributed by atoms with Crippen LogP contribution in [0.5, 0.6) is 5.75 Å². The number of aliphatic hydroxyl groups is 1. The SMILES string of the molecule is O=C(NCc1cc(OC(F)(F)F)ccc1F)c1cn(CCC(F)Cn2cnc(C(=O)N[C@@H](CO)c3ccccc3)c2)nn1. The van der Waals surface area contributed by atoms with Crippen LogP contribution in [0.3, 0.4) is 0 Å². The van der Waals surface area contributed by atoms with Crippen LogP contribution in [-0.4, -0.2) is 60.6 Å². The number of alkyl halides is 4. The van der Waals surface area contributed by atoms with E-state index < -0.39 is 48.5 Å². The predicted molar refractivity (Wildman–Crippen MR) is 140 cm³/mol. The predicted octanol–water partition coefficient (Wildman–Crippen LogP) is 3.33. The molecule has 0 bridgehead atoms. The molecule has 2 atom stereocenters. The molecule has 0 spiro atoms. The Morgan fingerprint density at radius 1 is 1.05 bits per heavy atom. The molecule has 0 fully saturated rings. The quantitative estimate of drug-likeness (QED) is 0.199. The summed E-state index contributed by atoms with van der Waals surface area (Å²) in [4.78, 5) is 28.9. The first-order valence-corrected chi connectivity index (χ1v) is 12.9. The van der Waals surface area contributed by atoms with Crippen LogP contribution in [0.4, 0.5) is 22.0 Å². The number of aromatic nitrogens is 5. The average Bonchev–Trinajstić information content (AvgIpc) is 3.65. The number of aryl methyl sites for hydroxylation is 1. The molecule has 1 unspecified atom stereocenters. The van der Waals surface area contributed by atoms with Gasteiger partial charge in [0.15, 0.2) is 5.69 Å². The van der Waals surface area contributed by atoms with Gasteiger partial charge in [0.05, 0.1) is 31.7 Å². The summed E-state index contributed by atoms with van der Waals surface area (Å²) in [5.74, 6) is -2.79. The van der Waals surface area contributed by atoms with Crippen molar-refractivity contribution in [2.45, 2.75) is 44.6 Å². The largest absolute Gasteiger partial charge is 0.573 e. The second-order valence-corrected chi connectivity index (χ2v) is 9.31.